The van der Waals surface area contributed by atoms with Crippen molar-refractivity contribution in [1.82, 2.24) is 14.8 Å². The van der Waals surface area contributed by atoms with E-state index in [1.165, 1.54) is 0 Å². The van der Waals surface area contributed by atoms with Crippen molar-refractivity contribution < 1.29 is 9.59 Å². The summed E-state index contributed by atoms with van der Waals surface area (Å²) in [5, 5.41) is 4.41. The minimum absolute atomic E-state index is 0.0170. The standard InChI is InChI=1S/C37H45N3O2/c1-6-9-17-26(8-3)24-38-36(41)33(25(4)7-2)40-35(28-20-13-14-21-29(28)37(40)42)32-30-22-15-16-23-31(30)39(5)34(32)27-18-11-10-12-19-27/h10-16,18-23,25-26,33,35H,6-9,17,24H2,1-5H3,(H,38,41). The molecule has 4 aromatic rings. The van der Waals surface area contributed by atoms with Crippen LogP contribution in [0.4, 0.5) is 0 Å². The molecule has 1 aliphatic heterocycles. The van der Waals surface area contributed by atoms with E-state index in [0.29, 0.717) is 18.0 Å². The average molecular weight is 564 g/mol. The summed E-state index contributed by atoms with van der Waals surface area (Å²) in [5.74, 6) is 0.307. The smallest absolute Gasteiger partial charge is 0.255 e. The van der Waals surface area contributed by atoms with Gasteiger partial charge in [-0.3, -0.25) is 9.59 Å². The van der Waals surface area contributed by atoms with Gasteiger partial charge in [0.05, 0.1) is 11.7 Å². The number of para-hydroxylation sites is 1. The van der Waals surface area contributed by atoms with Crippen LogP contribution in [-0.2, 0) is 11.8 Å². The Morgan fingerprint density at radius 1 is 0.905 bits per heavy atom. The lowest BCUT2D eigenvalue weighted by molar-refractivity contribution is -0.128. The van der Waals surface area contributed by atoms with E-state index >= 15 is 0 Å². The second kappa shape index (κ2) is 13.0. The van der Waals surface area contributed by atoms with Crippen LogP contribution in [0.25, 0.3) is 22.2 Å². The molecule has 1 N–H and O–H groups in total. The number of benzene rings is 3. The summed E-state index contributed by atoms with van der Waals surface area (Å²) in [6, 6.07) is 25.8. The molecule has 220 valence electrons. The third-order valence-electron chi connectivity index (χ3n) is 9.32. The Balaban J connectivity index is 1.67. The van der Waals surface area contributed by atoms with Gasteiger partial charge in [0.2, 0.25) is 5.91 Å². The predicted molar refractivity (Wildman–Crippen MR) is 172 cm³/mol. The number of nitrogens with zero attached hydrogens (tertiary/aromatic N) is 2. The number of carbonyl (C=O) groups is 2. The molecule has 5 rings (SSSR count). The van der Waals surface area contributed by atoms with E-state index in [1.807, 2.05) is 29.2 Å². The Labute approximate surface area is 250 Å². The van der Waals surface area contributed by atoms with E-state index in [4.69, 9.17) is 0 Å². The highest BCUT2D eigenvalue weighted by molar-refractivity contribution is 6.04. The molecule has 2 amide bonds. The van der Waals surface area contributed by atoms with Crippen molar-refractivity contribution in [3.05, 3.63) is 95.6 Å². The van der Waals surface area contributed by atoms with Crippen molar-refractivity contribution in [2.24, 2.45) is 18.9 Å². The summed E-state index contributed by atoms with van der Waals surface area (Å²) in [7, 11) is 2.10. The van der Waals surface area contributed by atoms with E-state index < -0.39 is 6.04 Å². The molecule has 0 aliphatic carbocycles. The third-order valence-corrected chi connectivity index (χ3v) is 9.32. The lowest BCUT2D eigenvalue weighted by Gasteiger charge is -2.37. The number of unbranched alkanes of at least 4 members (excludes halogenated alkanes) is 1. The highest BCUT2D eigenvalue weighted by Gasteiger charge is 2.47. The zero-order valence-corrected chi connectivity index (χ0v) is 25.8. The minimum atomic E-state index is -0.592. The molecule has 0 fully saturated rings. The van der Waals surface area contributed by atoms with Crippen molar-refractivity contribution in [2.75, 3.05) is 6.54 Å². The van der Waals surface area contributed by atoms with Crippen molar-refractivity contribution in [3.63, 3.8) is 0 Å². The minimum Gasteiger partial charge on any atom is -0.354 e. The van der Waals surface area contributed by atoms with Gasteiger partial charge < -0.3 is 14.8 Å². The first-order valence-electron chi connectivity index (χ1n) is 15.7. The summed E-state index contributed by atoms with van der Waals surface area (Å²) in [6.07, 6.45) is 5.24. The third kappa shape index (κ3) is 5.37. The maximum absolute atomic E-state index is 14.4. The highest BCUT2D eigenvalue weighted by atomic mass is 16.2. The fourth-order valence-electron chi connectivity index (χ4n) is 6.74. The number of carbonyl (C=O) groups excluding carboxylic acids is 2. The zero-order chi connectivity index (χ0) is 29.8. The van der Waals surface area contributed by atoms with Gasteiger partial charge in [0.15, 0.2) is 0 Å². The van der Waals surface area contributed by atoms with Crippen LogP contribution in [0.3, 0.4) is 0 Å². The van der Waals surface area contributed by atoms with Gasteiger partial charge in [-0.2, -0.15) is 0 Å². The van der Waals surface area contributed by atoms with Gasteiger partial charge in [-0.15, -0.1) is 0 Å². The average Bonchev–Trinajstić information content (AvgIpc) is 3.48. The molecular weight excluding hydrogens is 518 g/mol. The second-order valence-electron chi connectivity index (χ2n) is 11.9. The van der Waals surface area contributed by atoms with Crippen molar-refractivity contribution in [3.8, 4) is 11.3 Å². The van der Waals surface area contributed by atoms with Crippen LogP contribution in [0.1, 0.15) is 87.3 Å². The molecule has 3 aromatic carbocycles. The van der Waals surface area contributed by atoms with Crippen LogP contribution in [0, 0.1) is 11.8 Å². The van der Waals surface area contributed by atoms with E-state index in [0.717, 1.165) is 65.4 Å². The van der Waals surface area contributed by atoms with Gasteiger partial charge in [-0.25, -0.2) is 0 Å². The molecule has 5 heteroatoms. The van der Waals surface area contributed by atoms with Gasteiger partial charge in [-0.05, 0) is 41.5 Å². The Bertz CT molecular complexity index is 1540. The molecule has 0 saturated carbocycles. The first-order chi connectivity index (χ1) is 20.4. The lowest BCUT2D eigenvalue weighted by atomic mass is 9.90. The van der Waals surface area contributed by atoms with Crippen LogP contribution in [-0.4, -0.2) is 33.9 Å². The summed E-state index contributed by atoms with van der Waals surface area (Å²) in [5.41, 5.74) is 6.00. The second-order valence-corrected chi connectivity index (χ2v) is 11.9. The summed E-state index contributed by atoms with van der Waals surface area (Å²) < 4.78 is 2.24. The summed E-state index contributed by atoms with van der Waals surface area (Å²) in [6.45, 7) is 9.26. The zero-order valence-electron chi connectivity index (χ0n) is 25.8. The van der Waals surface area contributed by atoms with Crippen molar-refractivity contribution >= 4 is 22.7 Å². The Morgan fingerprint density at radius 2 is 1.60 bits per heavy atom. The van der Waals surface area contributed by atoms with Crippen LogP contribution in [0.2, 0.25) is 0 Å². The number of amides is 2. The number of rotatable bonds is 12. The molecule has 0 saturated heterocycles. The van der Waals surface area contributed by atoms with Crippen molar-refractivity contribution in [2.45, 2.75) is 71.9 Å². The Morgan fingerprint density at radius 3 is 2.31 bits per heavy atom. The predicted octanol–water partition coefficient (Wildman–Crippen LogP) is 8.14. The summed E-state index contributed by atoms with van der Waals surface area (Å²) in [4.78, 5) is 30.5. The molecule has 0 spiro atoms. The highest BCUT2D eigenvalue weighted by Crippen LogP contribution is 2.48. The topological polar surface area (TPSA) is 54.3 Å². The van der Waals surface area contributed by atoms with Gasteiger partial charge in [0.1, 0.15) is 6.04 Å². The lowest BCUT2D eigenvalue weighted by Crippen LogP contribution is -2.52. The van der Waals surface area contributed by atoms with Gasteiger partial charge in [-0.1, -0.05) is 120 Å². The fraction of sp³-hybridized carbons (Fsp3) is 0.405. The molecule has 42 heavy (non-hydrogen) atoms. The molecule has 0 radical (unpaired) electrons. The van der Waals surface area contributed by atoms with Gasteiger partial charge in [0.25, 0.3) is 5.91 Å². The molecular formula is C37H45N3O2. The molecule has 1 aromatic heterocycles. The first kappa shape index (κ1) is 29.6. The number of nitrogens with one attached hydrogen (secondary N) is 1. The molecule has 1 aliphatic rings. The SMILES string of the molecule is CCCCC(CC)CNC(=O)C(C(C)CC)N1C(=O)c2ccccc2C1c1c(-c2ccccc2)n(C)c2ccccc12. The molecule has 4 atom stereocenters. The van der Waals surface area contributed by atoms with Gasteiger partial charge >= 0.3 is 0 Å². The van der Waals surface area contributed by atoms with E-state index in [-0.39, 0.29) is 23.8 Å². The van der Waals surface area contributed by atoms with Crippen LogP contribution in [0.15, 0.2) is 78.9 Å². The van der Waals surface area contributed by atoms with Crippen molar-refractivity contribution in [1.29, 1.82) is 0 Å². The number of hydrogen-bond acceptors (Lipinski definition) is 2. The molecule has 0 bridgehead atoms. The molecule has 4 unspecified atom stereocenters. The van der Waals surface area contributed by atoms with E-state index in [2.05, 4.69) is 99.2 Å². The quantitative estimate of drug-likeness (QED) is 0.189. The molecule has 5 nitrogen and oxygen atoms in total. The maximum Gasteiger partial charge on any atom is 0.255 e. The normalized spacial score (nSPS) is 16.8. The number of fused-ring (bicyclic) bond motifs is 2. The maximum atomic E-state index is 14.4. The summed E-state index contributed by atoms with van der Waals surface area (Å²) >= 11 is 0. The Kier molecular flexibility index (Phi) is 9.15. The van der Waals surface area contributed by atoms with Crippen LogP contribution in [0.5, 0.6) is 0 Å². The van der Waals surface area contributed by atoms with Crippen LogP contribution >= 0.6 is 0 Å². The Hall–Kier alpha value is -3.86. The largest absolute Gasteiger partial charge is 0.354 e. The fourth-order valence-corrected chi connectivity index (χ4v) is 6.74. The molecule has 2 heterocycles. The first-order valence-corrected chi connectivity index (χ1v) is 15.7. The number of aromatic nitrogens is 1. The van der Waals surface area contributed by atoms with E-state index in [9.17, 15) is 9.59 Å². The van der Waals surface area contributed by atoms with Gasteiger partial charge in [0, 0.05) is 35.6 Å². The van der Waals surface area contributed by atoms with Crippen LogP contribution < -0.4 is 5.32 Å². The number of aryl methyl sites for hydroxylation is 1. The van der Waals surface area contributed by atoms with E-state index in [1.54, 1.807) is 0 Å². The monoisotopic (exact) mass is 563 g/mol. The number of hydrogen-bond donors (Lipinski definition) is 1.